The van der Waals surface area contributed by atoms with E-state index < -0.39 is 0 Å². The van der Waals surface area contributed by atoms with Crippen molar-refractivity contribution < 1.29 is 8.62 Å². The number of hydrogen-bond donors (Lipinski definition) is 1. The second-order valence-electron chi connectivity index (χ2n) is 4.96. The van der Waals surface area contributed by atoms with Gasteiger partial charge in [0.15, 0.2) is 0 Å². The number of thiazole rings is 1. The van der Waals surface area contributed by atoms with Crippen LogP contribution in [0.4, 0.5) is 3.89 Å². The molecule has 3 nitrogen and oxygen atoms in total. The summed E-state index contributed by atoms with van der Waals surface area (Å²) in [4.78, 5) is 4.68. The van der Waals surface area contributed by atoms with Gasteiger partial charge in [0.25, 0.3) is 0 Å². The maximum absolute atomic E-state index is 12.0. The van der Waals surface area contributed by atoms with Gasteiger partial charge in [-0.05, 0) is 31.7 Å². The number of fused-ring (bicyclic) bond motifs is 1. The van der Waals surface area contributed by atoms with Crippen LogP contribution in [0.5, 0.6) is 5.75 Å². The summed E-state index contributed by atoms with van der Waals surface area (Å²) < 4.78 is 18.6. The predicted molar refractivity (Wildman–Crippen MR) is 93.3 cm³/mol. The Morgan fingerprint density at radius 1 is 1.50 bits per heavy atom. The Morgan fingerprint density at radius 3 is 3.14 bits per heavy atom. The molecule has 1 N–H and O–H groups in total. The first-order valence-corrected chi connectivity index (χ1v) is 8.83. The number of halogens is 1. The van der Waals surface area contributed by atoms with Crippen LogP contribution in [0.3, 0.4) is 0 Å². The topological polar surface area (TPSA) is 34.2 Å². The first-order chi connectivity index (χ1) is 10.8. The van der Waals surface area contributed by atoms with E-state index in [0.717, 1.165) is 27.4 Å². The van der Waals surface area contributed by atoms with Crippen LogP contribution in [0.15, 0.2) is 36.4 Å². The average Bonchev–Trinajstić information content (AvgIpc) is 2.98. The number of rotatable bonds is 6. The first kappa shape index (κ1) is 15.5. The molecule has 1 aliphatic carbocycles. The molecule has 1 aromatic carbocycles. The van der Waals surface area contributed by atoms with E-state index in [9.17, 15) is 3.89 Å². The van der Waals surface area contributed by atoms with Gasteiger partial charge in [-0.3, -0.25) is 0 Å². The molecular formula is C16H17FN2OS2. The van der Waals surface area contributed by atoms with Gasteiger partial charge >= 0.3 is 0 Å². The third kappa shape index (κ3) is 3.51. The van der Waals surface area contributed by atoms with E-state index in [1.807, 2.05) is 25.2 Å². The number of ether oxygens (including phenoxy) is 1. The summed E-state index contributed by atoms with van der Waals surface area (Å²) in [5.74, 6) is 1.11. The van der Waals surface area contributed by atoms with Gasteiger partial charge in [0.1, 0.15) is 10.8 Å². The Morgan fingerprint density at radius 2 is 2.41 bits per heavy atom. The van der Waals surface area contributed by atoms with E-state index in [1.54, 1.807) is 11.3 Å². The maximum atomic E-state index is 12.0. The molecule has 0 spiro atoms. The molecule has 0 saturated carbocycles. The van der Waals surface area contributed by atoms with Crippen molar-refractivity contribution in [1.29, 1.82) is 0 Å². The summed E-state index contributed by atoms with van der Waals surface area (Å²) in [5.41, 5.74) is 2.14. The third-order valence-electron chi connectivity index (χ3n) is 3.51. The van der Waals surface area contributed by atoms with E-state index in [-0.39, 0.29) is 0 Å². The number of benzene rings is 1. The number of aromatic nitrogens is 1. The minimum atomic E-state index is 0.294. The molecule has 1 unspecified atom stereocenters. The third-order valence-corrected chi connectivity index (χ3v) is 4.89. The molecule has 1 heterocycles. The van der Waals surface area contributed by atoms with E-state index in [2.05, 4.69) is 28.5 Å². The van der Waals surface area contributed by atoms with E-state index in [1.165, 1.54) is 5.57 Å². The zero-order valence-electron chi connectivity index (χ0n) is 12.2. The SMILES string of the molecule is CNC1C=CC(c2nc3ccc(OCCSF)cc3s2)=CC1. The predicted octanol–water partition coefficient (Wildman–Crippen LogP) is 4.22. The fourth-order valence-corrected chi connectivity index (χ4v) is 3.46. The number of likely N-dealkylation sites (N-methyl/N-ethyl adjacent to an activating group) is 1. The molecule has 116 valence electrons. The summed E-state index contributed by atoms with van der Waals surface area (Å²) in [6.45, 7) is 0.373. The van der Waals surface area contributed by atoms with E-state index in [0.29, 0.717) is 30.5 Å². The van der Waals surface area contributed by atoms with Crippen molar-refractivity contribution in [2.75, 3.05) is 19.4 Å². The van der Waals surface area contributed by atoms with Crippen molar-refractivity contribution >= 4 is 39.3 Å². The Hall–Kier alpha value is -1.37. The summed E-state index contributed by atoms with van der Waals surface area (Å²) in [7, 11) is 1.97. The lowest BCUT2D eigenvalue weighted by Gasteiger charge is -2.13. The molecule has 0 aliphatic heterocycles. The lowest BCUT2D eigenvalue weighted by molar-refractivity contribution is 0.344. The Labute approximate surface area is 137 Å². The van der Waals surface area contributed by atoms with Gasteiger partial charge < -0.3 is 10.1 Å². The summed E-state index contributed by atoms with van der Waals surface area (Å²) in [5, 5.41) is 4.27. The molecule has 1 aromatic heterocycles. The molecule has 6 heteroatoms. The summed E-state index contributed by atoms with van der Waals surface area (Å²) in [6.07, 6.45) is 7.49. The van der Waals surface area contributed by atoms with Crippen LogP contribution in [0.1, 0.15) is 11.4 Å². The molecule has 22 heavy (non-hydrogen) atoms. The highest BCUT2D eigenvalue weighted by atomic mass is 32.2. The van der Waals surface area contributed by atoms with Gasteiger partial charge in [-0.15, -0.1) is 11.3 Å². The quantitative estimate of drug-likeness (QED) is 0.801. The smallest absolute Gasteiger partial charge is 0.124 e. The Balaban J connectivity index is 1.78. The zero-order chi connectivity index (χ0) is 15.4. The zero-order valence-corrected chi connectivity index (χ0v) is 13.8. The van der Waals surface area contributed by atoms with Crippen molar-refractivity contribution in [2.45, 2.75) is 12.5 Å². The molecule has 0 bridgehead atoms. The number of hydrogen-bond acceptors (Lipinski definition) is 5. The van der Waals surface area contributed by atoms with Gasteiger partial charge in [0, 0.05) is 23.8 Å². The van der Waals surface area contributed by atoms with Gasteiger partial charge in [0.2, 0.25) is 0 Å². The van der Waals surface area contributed by atoms with Crippen molar-refractivity contribution in [3.63, 3.8) is 0 Å². The van der Waals surface area contributed by atoms with Gasteiger partial charge in [-0.25, -0.2) is 4.98 Å². The fourth-order valence-electron chi connectivity index (χ4n) is 2.30. The van der Waals surface area contributed by atoms with Crippen molar-refractivity contribution in [2.24, 2.45) is 0 Å². The Kier molecular flexibility index (Phi) is 5.12. The molecule has 2 aromatic rings. The molecule has 1 atom stereocenters. The van der Waals surface area contributed by atoms with Crippen LogP contribution in [-0.4, -0.2) is 30.4 Å². The highest BCUT2D eigenvalue weighted by Crippen LogP contribution is 2.32. The minimum Gasteiger partial charge on any atom is -0.493 e. The number of nitrogens with zero attached hydrogens (tertiary/aromatic N) is 1. The van der Waals surface area contributed by atoms with Crippen LogP contribution in [0.2, 0.25) is 0 Å². The van der Waals surface area contributed by atoms with Crippen molar-refractivity contribution in [1.82, 2.24) is 10.3 Å². The summed E-state index contributed by atoms with van der Waals surface area (Å²) >= 11 is 1.95. The minimum absolute atomic E-state index is 0.294. The van der Waals surface area contributed by atoms with Crippen LogP contribution < -0.4 is 10.1 Å². The number of nitrogens with one attached hydrogen (secondary N) is 1. The molecule has 0 radical (unpaired) electrons. The lowest BCUT2D eigenvalue weighted by atomic mass is 10.0. The lowest BCUT2D eigenvalue weighted by Crippen LogP contribution is -2.23. The molecule has 1 aliphatic rings. The van der Waals surface area contributed by atoms with Gasteiger partial charge in [0.05, 0.1) is 22.6 Å². The first-order valence-electron chi connectivity index (χ1n) is 7.13. The number of allylic oxidation sites excluding steroid dienone is 2. The maximum Gasteiger partial charge on any atom is 0.124 e. The summed E-state index contributed by atoms with van der Waals surface area (Å²) in [6, 6.07) is 6.22. The van der Waals surface area contributed by atoms with E-state index >= 15 is 0 Å². The fraction of sp³-hybridized carbons (Fsp3) is 0.312. The van der Waals surface area contributed by atoms with Gasteiger partial charge in [-0.2, -0.15) is 3.89 Å². The highest BCUT2D eigenvalue weighted by molar-refractivity contribution is 7.94. The van der Waals surface area contributed by atoms with Crippen molar-refractivity contribution in [3.8, 4) is 5.75 Å². The van der Waals surface area contributed by atoms with Crippen LogP contribution in [-0.2, 0) is 0 Å². The normalized spacial score (nSPS) is 17.7. The molecule has 0 amide bonds. The monoisotopic (exact) mass is 336 g/mol. The molecular weight excluding hydrogens is 319 g/mol. The van der Waals surface area contributed by atoms with Crippen molar-refractivity contribution in [3.05, 3.63) is 41.4 Å². The second-order valence-corrected chi connectivity index (χ2v) is 6.62. The second kappa shape index (κ2) is 7.26. The largest absolute Gasteiger partial charge is 0.493 e. The van der Waals surface area contributed by atoms with E-state index in [4.69, 9.17) is 4.74 Å². The molecule has 3 rings (SSSR count). The molecule has 0 saturated heterocycles. The standard InChI is InChI=1S/C16H17FN2OS2/c1-18-12-4-2-11(3-5-12)16-19-14-7-6-13(10-15(14)22-16)20-8-9-21-17/h2-4,6-7,10,12,18H,5,8-9H2,1H3. The van der Waals surface area contributed by atoms with Crippen LogP contribution in [0.25, 0.3) is 15.8 Å². The van der Waals surface area contributed by atoms with Gasteiger partial charge in [-0.1, -0.05) is 18.2 Å². The highest BCUT2D eigenvalue weighted by Gasteiger charge is 2.12. The average molecular weight is 336 g/mol. The molecule has 0 fully saturated rings. The Bertz CT molecular complexity index is 711. The van der Waals surface area contributed by atoms with Crippen LogP contribution in [0, 0.1) is 0 Å². The van der Waals surface area contributed by atoms with Crippen LogP contribution >= 0.6 is 23.5 Å².